The molecule has 3 nitrogen and oxygen atoms in total. The number of aromatic nitrogens is 3. The third-order valence-corrected chi connectivity index (χ3v) is 18.6. The van der Waals surface area contributed by atoms with E-state index in [4.69, 9.17) is 6.35 Å². The van der Waals surface area contributed by atoms with Gasteiger partial charge in [-0.2, -0.15) is 11.3 Å². The van der Waals surface area contributed by atoms with E-state index in [0.29, 0.717) is 0 Å². The molecule has 0 atom stereocenters. The second-order valence-electron chi connectivity index (χ2n) is 19.9. The van der Waals surface area contributed by atoms with Crippen molar-refractivity contribution in [1.82, 2.24) is 14.5 Å². The number of pyridine rings is 1. The van der Waals surface area contributed by atoms with E-state index >= 15 is 0 Å². The van der Waals surface area contributed by atoms with Crippen molar-refractivity contribution in [2.24, 2.45) is 0 Å². The predicted molar refractivity (Wildman–Crippen MR) is 282 cm³/mol. The Hall–Kier alpha value is -5.17. The molecule has 7 aromatic carbocycles. The third kappa shape index (κ3) is 8.65. The molecule has 66 heavy (non-hydrogen) atoms. The number of benzene rings is 7. The molecule has 0 unspecified atom stereocenters. The van der Waals surface area contributed by atoms with E-state index in [-0.39, 0.29) is 25.5 Å². The van der Waals surface area contributed by atoms with Crippen LogP contribution in [0.4, 0.5) is 0 Å². The molecule has 3 heterocycles. The van der Waals surface area contributed by atoms with Crippen LogP contribution in [0.3, 0.4) is 0 Å². The van der Waals surface area contributed by atoms with Crippen molar-refractivity contribution in [2.45, 2.75) is 88.9 Å². The minimum Gasteiger partial charge on any atom is 0 e. The quantitative estimate of drug-likeness (QED) is 0.123. The van der Waals surface area contributed by atoms with Gasteiger partial charge in [0.05, 0.1) is 16.9 Å². The van der Waals surface area contributed by atoms with Crippen molar-refractivity contribution >= 4 is 71.0 Å². The van der Waals surface area contributed by atoms with Crippen LogP contribution in [0, 0.1) is 12.1 Å². The van der Waals surface area contributed by atoms with Gasteiger partial charge in [-0.05, 0) is 87.0 Å². The molecule has 0 saturated heterocycles. The molecule has 11 rings (SSSR count). The van der Waals surface area contributed by atoms with Crippen molar-refractivity contribution in [1.29, 1.82) is 0 Å². The molecule has 0 saturated carbocycles. The fraction of sp³-hybridized carbons (Fsp3) is 0.233. The Morgan fingerprint density at radius 3 is 2.26 bits per heavy atom. The first-order valence-corrected chi connectivity index (χ1v) is 31.3. The van der Waals surface area contributed by atoms with Crippen LogP contribution >= 0.6 is 11.3 Å². The monoisotopic (exact) mass is 1120 g/mol. The minimum absolute atomic E-state index is 0. The van der Waals surface area contributed by atoms with Gasteiger partial charge in [0.2, 0.25) is 0 Å². The molecule has 6 heteroatoms. The molecule has 0 fully saturated rings. The van der Waals surface area contributed by atoms with Crippen LogP contribution in [0.1, 0.15) is 77.0 Å². The van der Waals surface area contributed by atoms with Crippen LogP contribution in [0.5, 0.6) is 0 Å². The number of fused-ring (bicyclic) bond motifs is 8. The number of nitrogens with zero attached hydrogens (tertiary/aromatic N) is 3. The van der Waals surface area contributed by atoms with Crippen LogP contribution < -0.4 is 4.40 Å². The van der Waals surface area contributed by atoms with Crippen molar-refractivity contribution in [3.63, 3.8) is 0 Å². The summed E-state index contributed by atoms with van der Waals surface area (Å²) in [5, 5.41) is 5.04. The molecule has 0 amide bonds. The average Bonchev–Trinajstić information content (AvgIpc) is 3.91. The molecule has 333 valence electrons. The van der Waals surface area contributed by atoms with Gasteiger partial charge in [-0.1, -0.05) is 111 Å². The number of hydrogen-bond acceptors (Lipinski definition) is 3. The Labute approximate surface area is 412 Å². The fourth-order valence-electron chi connectivity index (χ4n) is 9.63. The summed E-state index contributed by atoms with van der Waals surface area (Å²) >= 11 is -0.0887. The van der Waals surface area contributed by atoms with E-state index in [1.807, 2.05) is 55.6 Å². The van der Waals surface area contributed by atoms with Crippen molar-refractivity contribution in [2.75, 3.05) is 0 Å². The Morgan fingerprint density at radius 1 is 0.742 bits per heavy atom. The van der Waals surface area contributed by atoms with Gasteiger partial charge in [-0.25, -0.2) is 0 Å². The normalized spacial score (nSPS) is 13.3. The van der Waals surface area contributed by atoms with Gasteiger partial charge in [0.15, 0.2) is 0 Å². The van der Waals surface area contributed by atoms with Gasteiger partial charge in [-0.15, -0.1) is 18.2 Å². The minimum atomic E-state index is -2.03. The summed E-state index contributed by atoms with van der Waals surface area (Å²) in [4.78, 5) is 10.2. The number of hydrogen-bond donors (Lipinski definition) is 0. The number of aryl methyl sites for hydroxylation is 2. The zero-order valence-corrected chi connectivity index (χ0v) is 44.6. The van der Waals surface area contributed by atoms with E-state index in [9.17, 15) is 0 Å². The maximum atomic E-state index is 8.44. The molecule has 1 aliphatic carbocycles. The van der Waals surface area contributed by atoms with Crippen LogP contribution in [0.2, 0.25) is 17.3 Å². The second kappa shape index (κ2) is 18.5. The first-order valence-electron chi connectivity index (χ1n) is 23.6. The molecule has 3 aromatic heterocycles. The molecule has 0 aliphatic heterocycles. The van der Waals surface area contributed by atoms with E-state index in [1.165, 1.54) is 83.3 Å². The van der Waals surface area contributed by atoms with Crippen molar-refractivity contribution in [3.8, 4) is 39.5 Å². The summed E-state index contributed by atoms with van der Waals surface area (Å²) in [5.41, 5.74) is 14.2. The van der Waals surface area contributed by atoms with Gasteiger partial charge in [0.1, 0.15) is 0 Å². The first kappa shape index (κ1) is 44.7. The zero-order valence-electron chi connectivity index (χ0n) is 40.3. The van der Waals surface area contributed by atoms with Gasteiger partial charge in [0.25, 0.3) is 0 Å². The molecular formula is C60H57GeIrN3S-2. The molecule has 1 radical (unpaired) electrons. The Bertz CT molecular complexity index is 3430. The van der Waals surface area contributed by atoms with E-state index in [1.54, 1.807) is 5.56 Å². The fourth-order valence-corrected chi connectivity index (χ4v) is 14.3. The number of imidazole rings is 1. The van der Waals surface area contributed by atoms with E-state index < -0.39 is 19.2 Å². The van der Waals surface area contributed by atoms with Gasteiger partial charge < -0.3 is 4.57 Å². The smallest absolute Gasteiger partial charge is 0 e. The molecule has 0 spiro atoms. The topological polar surface area (TPSA) is 30.7 Å². The standard InChI is InChI=1S/C43H35N2S.C17H22GeN.Ir/c1-43(2,3)30-22-25-37(36(26-30)27-12-5-4-6-13-27)45-38-24-21-28-14-7-9-16-31(28)39(38)44-42(45)35-19-11-18-33-34-23-20-29-15-8-10-17-32(29)40(34)46-41(33)35;1-13(2)15-11-17(14-9-7-6-8-10-14)19-12-16(15)18(3,4)5;/h4-7,9,11-14,16,18,20-26H,8,10,15,17H2,1-3H3;6-9,11-13H,1-5H3;/q2*-1;/i;13D;. The maximum Gasteiger partial charge on any atom is 0 e. The van der Waals surface area contributed by atoms with Crippen LogP contribution in [-0.2, 0) is 38.4 Å². The molecular weight excluding hydrogens is 1060 g/mol. The van der Waals surface area contributed by atoms with Crippen LogP contribution in [0.15, 0.2) is 146 Å². The zero-order chi connectivity index (χ0) is 46.0. The Morgan fingerprint density at radius 2 is 1.50 bits per heavy atom. The van der Waals surface area contributed by atoms with E-state index in [2.05, 4.69) is 175 Å². The van der Waals surface area contributed by atoms with Crippen LogP contribution in [0.25, 0.3) is 81.4 Å². The first-order chi connectivity index (χ1) is 31.6. The van der Waals surface area contributed by atoms with Gasteiger partial charge in [-0.3, -0.25) is 4.98 Å². The Kier molecular flexibility index (Phi) is 12.5. The van der Waals surface area contributed by atoms with Gasteiger partial charge in [0, 0.05) is 41.4 Å². The summed E-state index contributed by atoms with van der Waals surface area (Å²) in [6, 6.07) is 56.9. The molecule has 0 N–H and O–H groups in total. The maximum absolute atomic E-state index is 8.44. The third-order valence-electron chi connectivity index (χ3n) is 13.1. The molecule has 10 aromatic rings. The molecule has 0 bridgehead atoms. The Balaban J connectivity index is 0.000000226. The summed E-state index contributed by atoms with van der Waals surface area (Å²) in [7, 11) is 0. The molecule has 1 aliphatic rings. The van der Waals surface area contributed by atoms with E-state index in [0.717, 1.165) is 44.9 Å². The summed E-state index contributed by atoms with van der Waals surface area (Å²) < 4.78 is 14.9. The average molecular weight is 1120 g/mol. The largest absolute Gasteiger partial charge is 0 e. The van der Waals surface area contributed by atoms with Crippen molar-refractivity contribution in [3.05, 3.63) is 180 Å². The second-order valence-corrected chi connectivity index (χ2v) is 31.5. The summed E-state index contributed by atoms with van der Waals surface area (Å²) in [6.45, 7) is 10.8. The summed E-state index contributed by atoms with van der Waals surface area (Å²) in [6.07, 6.45) is 6.92. The number of rotatable bonds is 6. The van der Waals surface area contributed by atoms with Crippen LogP contribution in [-0.4, -0.2) is 27.8 Å². The van der Waals surface area contributed by atoms with Gasteiger partial charge >= 0.3 is 120 Å². The van der Waals surface area contributed by atoms with Crippen molar-refractivity contribution < 1.29 is 21.5 Å². The SMILES string of the molecule is CC(C)(C)c1ccc(-n2c(-c3[c-]ccc4c3sc3c5c(ccc34)CCCC5)nc3c4ccccc4ccc32)c(-c2ccccc2)c1.[2H]C(C)(C)c1cc(-c2[c-]cccc2)nc[c]1[Ge]([CH3])([CH3])[CH3].[Ir]. The summed E-state index contributed by atoms with van der Waals surface area (Å²) in [5.74, 6) is 7.39. The predicted octanol–water partition coefficient (Wildman–Crippen LogP) is 16.1. The number of thiophene rings is 1.